The first-order valence-corrected chi connectivity index (χ1v) is 11.6. The van der Waals surface area contributed by atoms with E-state index in [-0.39, 0.29) is 19.3 Å². The van der Waals surface area contributed by atoms with Gasteiger partial charge in [-0.15, -0.1) is 0 Å². The Morgan fingerprint density at radius 3 is 1.71 bits per heavy atom. The van der Waals surface area contributed by atoms with Crippen molar-refractivity contribution in [1.29, 1.82) is 0 Å². The molecule has 34 heavy (non-hydrogen) atoms. The van der Waals surface area contributed by atoms with Gasteiger partial charge in [-0.05, 0) is 20.8 Å². The van der Waals surface area contributed by atoms with Gasteiger partial charge < -0.3 is 48.5 Å². The lowest BCUT2D eigenvalue weighted by molar-refractivity contribution is -0.332. The molecule has 3 aliphatic rings. The van der Waals surface area contributed by atoms with Gasteiger partial charge in [0, 0.05) is 33.1 Å². The highest BCUT2D eigenvalue weighted by molar-refractivity contribution is 5.66. The van der Waals surface area contributed by atoms with Gasteiger partial charge in [0.05, 0.1) is 24.4 Å². The number of hydrogen-bond donors (Lipinski definition) is 3. The Bertz CT molecular complexity index is 691. The molecule has 3 heterocycles. The Balaban J connectivity index is 1.69. The molecule has 0 aromatic rings. The fraction of sp³-hybridized carbons (Fsp3) is 0.909. The SMILES string of the molecule is CC(=O)O[C@H]1C[C@H](O[C@H]2[C@@H](OC(C)=O)C[C@H](O)O[C@@H]2C)O[C@H](C)[C@H]1O[C@H]1C[C@H](O)[C@H](O)[C@@H](C)O1. The second-order valence-electron chi connectivity index (χ2n) is 9.10. The fourth-order valence-electron chi connectivity index (χ4n) is 4.62. The van der Waals surface area contributed by atoms with Crippen LogP contribution in [0.15, 0.2) is 0 Å². The van der Waals surface area contributed by atoms with E-state index in [2.05, 4.69) is 0 Å². The van der Waals surface area contributed by atoms with Gasteiger partial charge in [0.15, 0.2) is 18.9 Å². The summed E-state index contributed by atoms with van der Waals surface area (Å²) < 4.78 is 40.0. The fourth-order valence-corrected chi connectivity index (χ4v) is 4.62. The molecule has 0 spiro atoms. The lowest BCUT2D eigenvalue weighted by atomic mass is 9.99. The summed E-state index contributed by atoms with van der Waals surface area (Å²) in [5.74, 6) is -1.03. The molecule has 12 heteroatoms. The van der Waals surface area contributed by atoms with Crippen LogP contribution in [0.5, 0.6) is 0 Å². The van der Waals surface area contributed by atoms with Crippen LogP contribution < -0.4 is 0 Å². The molecule has 0 saturated carbocycles. The predicted octanol–water partition coefficient (Wildman–Crippen LogP) is -0.261. The molecule has 0 amide bonds. The maximum Gasteiger partial charge on any atom is 0.302 e. The smallest absolute Gasteiger partial charge is 0.302 e. The predicted molar refractivity (Wildman–Crippen MR) is 112 cm³/mol. The molecule has 3 rings (SSSR count). The zero-order valence-corrected chi connectivity index (χ0v) is 20.1. The number of aliphatic hydroxyl groups excluding tert-OH is 3. The molecule has 12 nitrogen and oxygen atoms in total. The summed E-state index contributed by atoms with van der Waals surface area (Å²) in [6.45, 7) is 7.59. The monoisotopic (exact) mass is 492 g/mol. The highest BCUT2D eigenvalue weighted by Gasteiger charge is 2.46. The van der Waals surface area contributed by atoms with E-state index in [1.807, 2.05) is 0 Å². The second kappa shape index (κ2) is 11.6. The summed E-state index contributed by atoms with van der Waals surface area (Å²) in [5.41, 5.74) is 0. The Morgan fingerprint density at radius 2 is 1.18 bits per heavy atom. The van der Waals surface area contributed by atoms with E-state index >= 15 is 0 Å². The molecular weight excluding hydrogens is 456 g/mol. The molecular formula is C22H36O12. The molecule has 0 unspecified atom stereocenters. The molecule has 3 fully saturated rings. The van der Waals surface area contributed by atoms with Crippen molar-refractivity contribution in [1.82, 2.24) is 0 Å². The molecule has 0 aromatic carbocycles. The van der Waals surface area contributed by atoms with E-state index in [0.717, 1.165) is 0 Å². The third-order valence-corrected chi connectivity index (χ3v) is 6.18. The first-order valence-electron chi connectivity index (χ1n) is 11.6. The third-order valence-electron chi connectivity index (χ3n) is 6.18. The van der Waals surface area contributed by atoms with Crippen LogP contribution in [0.2, 0.25) is 0 Å². The van der Waals surface area contributed by atoms with Crippen LogP contribution in [-0.2, 0) is 42.7 Å². The molecule has 3 saturated heterocycles. The first kappa shape index (κ1) is 27.2. The number of esters is 2. The van der Waals surface area contributed by atoms with Gasteiger partial charge in [0.2, 0.25) is 0 Å². The van der Waals surface area contributed by atoms with Crippen molar-refractivity contribution in [3.05, 3.63) is 0 Å². The number of aliphatic hydroxyl groups is 3. The van der Waals surface area contributed by atoms with Crippen LogP contribution in [0.4, 0.5) is 0 Å². The second-order valence-corrected chi connectivity index (χ2v) is 9.10. The van der Waals surface area contributed by atoms with Gasteiger partial charge in [-0.25, -0.2) is 0 Å². The van der Waals surface area contributed by atoms with Crippen molar-refractivity contribution < 1.29 is 58.1 Å². The zero-order chi connectivity index (χ0) is 25.2. The Kier molecular flexibility index (Phi) is 9.26. The largest absolute Gasteiger partial charge is 0.459 e. The maximum absolute atomic E-state index is 11.8. The van der Waals surface area contributed by atoms with Gasteiger partial charge in [-0.3, -0.25) is 9.59 Å². The van der Waals surface area contributed by atoms with Crippen LogP contribution in [0.3, 0.4) is 0 Å². The van der Waals surface area contributed by atoms with Gasteiger partial charge >= 0.3 is 11.9 Å². The summed E-state index contributed by atoms with van der Waals surface area (Å²) in [6, 6.07) is 0. The Hall–Kier alpha value is -1.38. The van der Waals surface area contributed by atoms with Crippen LogP contribution >= 0.6 is 0 Å². The Morgan fingerprint density at radius 1 is 0.706 bits per heavy atom. The molecule has 3 aliphatic heterocycles. The van der Waals surface area contributed by atoms with Crippen LogP contribution in [-0.4, -0.2) is 101 Å². The zero-order valence-electron chi connectivity index (χ0n) is 20.1. The summed E-state index contributed by atoms with van der Waals surface area (Å²) >= 11 is 0. The first-order chi connectivity index (χ1) is 15.9. The molecule has 12 atom stereocenters. The van der Waals surface area contributed by atoms with Crippen molar-refractivity contribution in [2.45, 2.75) is 128 Å². The van der Waals surface area contributed by atoms with Crippen LogP contribution in [0.1, 0.15) is 53.9 Å². The number of rotatable bonds is 6. The Labute approximate surface area is 198 Å². The normalized spacial score (nSPS) is 45.4. The lowest BCUT2D eigenvalue weighted by Gasteiger charge is -2.45. The van der Waals surface area contributed by atoms with Crippen molar-refractivity contribution in [3.63, 3.8) is 0 Å². The van der Waals surface area contributed by atoms with Crippen molar-refractivity contribution >= 4 is 11.9 Å². The molecule has 0 radical (unpaired) electrons. The summed E-state index contributed by atoms with van der Waals surface area (Å²) in [7, 11) is 0. The van der Waals surface area contributed by atoms with E-state index < -0.39 is 85.7 Å². The number of hydrogen-bond acceptors (Lipinski definition) is 12. The van der Waals surface area contributed by atoms with Gasteiger partial charge in [0.25, 0.3) is 0 Å². The highest BCUT2D eigenvalue weighted by Crippen LogP contribution is 2.33. The van der Waals surface area contributed by atoms with E-state index in [4.69, 9.17) is 33.2 Å². The van der Waals surface area contributed by atoms with Crippen molar-refractivity contribution in [3.8, 4) is 0 Å². The third kappa shape index (κ3) is 6.85. The van der Waals surface area contributed by atoms with Gasteiger partial charge in [-0.2, -0.15) is 0 Å². The number of carbonyl (C=O) groups is 2. The van der Waals surface area contributed by atoms with Gasteiger partial charge in [-0.1, -0.05) is 0 Å². The van der Waals surface area contributed by atoms with E-state index in [1.54, 1.807) is 20.8 Å². The van der Waals surface area contributed by atoms with E-state index in [1.165, 1.54) is 13.8 Å². The number of ether oxygens (including phenoxy) is 7. The minimum Gasteiger partial charge on any atom is -0.459 e. The van der Waals surface area contributed by atoms with Crippen LogP contribution in [0, 0.1) is 0 Å². The molecule has 0 bridgehead atoms. The standard InChI is InChI=1S/C22H36O12/c1-9-20(27)14(25)6-18(29-9)33-22-11(3)30-19(8-16(22)32-13(5)24)34-21-10(2)28-17(26)7-15(21)31-12(4)23/h9-11,14-22,25-27H,6-8H2,1-5H3/t9-,10-,11-,14+,15+,16+,17-,18+,19+,20-,21-,22-/m1/s1. The highest BCUT2D eigenvalue weighted by atomic mass is 16.7. The maximum atomic E-state index is 11.8. The topological polar surface area (TPSA) is 159 Å². The minimum absolute atomic E-state index is 0.0430. The van der Waals surface area contributed by atoms with E-state index in [0.29, 0.717) is 0 Å². The quantitative estimate of drug-likeness (QED) is 0.418. The van der Waals surface area contributed by atoms with Gasteiger partial charge in [0.1, 0.15) is 30.5 Å². The molecule has 0 aliphatic carbocycles. The molecule has 196 valence electrons. The number of carbonyl (C=O) groups excluding carboxylic acids is 2. The van der Waals surface area contributed by atoms with Crippen LogP contribution in [0.25, 0.3) is 0 Å². The minimum atomic E-state index is -1.09. The molecule has 0 aromatic heterocycles. The summed E-state index contributed by atoms with van der Waals surface area (Å²) in [4.78, 5) is 23.3. The average Bonchev–Trinajstić information content (AvgIpc) is 2.70. The average molecular weight is 493 g/mol. The van der Waals surface area contributed by atoms with Crippen molar-refractivity contribution in [2.24, 2.45) is 0 Å². The summed E-state index contributed by atoms with van der Waals surface area (Å²) in [6.07, 6.45) is -9.41. The van der Waals surface area contributed by atoms with E-state index in [9.17, 15) is 24.9 Å². The lowest BCUT2D eigenvalue weighted by Crippen LogP contribution is -2.57. The summed E-state index contributed by atoms with van der Waals surface area (Å²) in [5, 5.41) is 29.9. The van der Waals surface area contributed by atoms with Crippen molar-refractivity contribution in [2.75, 3.05) is 0 Å². The molecule has 3 N–H and O–H groups in total.